The number of nitrogens with one attached hydrogen (secondary N) is 1. The highest BCUT2D eigenvalue weighted by Gasteiger charge is 2.31. The zero-order chi connectivity index (χ0) is 13.0. The second-order valence-electron chi connectivity index (χ2n) is 6.62. The van der Waals surface area contributed by atoms with E-state index in [9.17, 15) is 0 Å². The molecule has 1 N–H and O–H groups in total. The molecule has 0 aromatic carbocycles. The molecule has 2 rings (SSSR count). The molecule has 0 aromatic rings. The van der Waals surface area contributed by atoms with Gasteiger partial charge < -0.3 is 10.1 Å². The van der Waals surface area contributed by atoms with Gasteiger partial charge in [-0.2, -0.15) is 0 Å². The topological polar surface area (TPSA) is 21.3 Å². The molecule has 2 aliphatic carbocycles. The third kappa shape index (κ3) is 3.96. The van der Waals surface area contributed by atoms with Crippen molar-refractivity contribution in [1.29, 1.82) is 0 Å². The SMILES string of the molecule is CCOC1CC(NC2CCCC(C(C)C)CC2)C1. The van der Waals surface area contributed by atoms with Gasteiger partial charge in [0.2, 0.25) is 0 Å². The van der Waals surface area contributed by atoms with E-state index in [1.807, 2.05) is 0 Å². The van der Waals surface area contributed by atoms with Gasteiger partial charge in [-0.3, -0.25) is 0 Å². The van der Waals surface area contributed by atoms with Crippen molar-refractivity contribution in [3.05, 3.63) is 0 Å². The summed E-state index contributed by atoms with van der Waals surface area (Å²) in [5.74, 6) is 1.84. The molecule has 2 saturated carbocycles. The number of hydrogen-bond acceptors (Lipinski definition) is 2. The van der Waals surface area contributed by atoms with Gasteiger partial charge in [-0.1, -0.05) is 26.7 Å². The molecule has 0 spiro atoms. The molecule has 0 bridgehead atoms. The fourth-order valence-electron chi connectivity index (χ4n) is 3.57. The molecule has 2 nitrogen and oxygen atoms in total. The fourth-order valence-corrected chi connectivity index (χ4v) is 3.57. The molecule has 2 unspecified atom stereocenters. The molecule has 2 fully saturated rings. The monoisotopic (exact) mass is 253 g/mol. The van der Waals surface area contributed by atoms with Gasteiger partial charge in [0.15, 0.2) is 0 Å². The second kappa shape index (κ2) is 6.91. The van der Waals surface area contributed by atoms with Gasteiger partial charge in [-0.25, -0.2) is 0 Å². The highest BCUT2D eigenvalue weighted by Crippen LogP contribution is 2.30. The van der Waals surface area contributed by atoms with E-state index in [0.29, 0.717) is 6.10 Å². The average Bonchev–Trinajstić information content (AvgIpc) is 2.52. The van der Waals surface area contributed by atoms with Crippen LogP contribution in [0, 0.1) is 11.8 Å². The summed E-state index contributed by atoms with van der Waals surface area (Å²) in [5, 5.41) is 3.86. The van der Waals surface area contributed by atoms with Gasteiger partial charge in [0, 0.05) is 18.7 Å². The summed E-state index contributed by atoms with van der Waals surface area (Å²) < 4.78 is 5.63. The van der Waals surface area contributed by atoms with Gasteiger partial charge in [-0.15, -0.1) is 0 Å². The molecular weight excluding hydrogens is 222 g/mol. The molecule has 2 heteroatoms. The number of hydrogen-bond donors (Lipinski definition) is 1. The minimum Gasteiger partial charge on any atom is -0.378 e. The summed E-state index contributed by atoms with van der Waals surface area (Å²) in [6.07, 6.45) is 10.1. The molecule has 18 heavy (non-hydrogen) atoms. The van der Waals surface area contributed by atoms with E-state index >= 15 is 0 Å². The van der Waals surface area contributed by atoms with Crippen molar-refractivity contribution in [1.82, 2.24) is 5.32 Å². The molecule has 0 aliphatic heterocycles. The summed E-state index contributed by atoms with van der Waals surface area (Å²) in [7, 11) is 0. The van der Waals surface area contributed by atoms with Gasteiger partial charge in [0.25, 0.3) is 0 Å². The molecular formula is C16H31NO. The zero-order valence-electron chi connectivity index (χ0n) is 12.5. The molecule has 0 heterocycles. The molecule has 0 amide bonds. The van der Waals surface area contributed by atoms with Gasteiger partial charge in [0.05, 0.1) is 6.10 Å². The van der Waals surface area contributed by atoms with Crippen LogP contribution in [0.5, 0.6) is 0 Å². The third-order valence-corrected chi connectivity index (χ3v) is 4.92. The highest BCUT2D eigenvalue weighted by atomic mass is 16.5. The van der Waals surface area contributed by atoms with Crippen molar-refractivity contribution < 1.29 is 4.74 Å². The van der Waals surface area contributed by atoms with Crippen molar-refractivity contribution in [3.63, 3.8) is 0 Å². The smallest absolute Gasteiger partial charge is 0.0604 e. The lowest BCUT2D eigenvalue weighted by atomic mass is 9.87. The Morgan fingerprint density at radius 1 is 1.06 bits per heavy atom. The molecule has 0 aromatic heterocycles. The largest absolute Gasteiger partial charge is 0.378 e. The van der Waals surface area contributed by atoms with E-state index in [1.165, 1.54) is 44.9 Å². The summed E-state index contributed by atoms with van der Waals surface area (Å²) in [5.41, 5.74) is 0. The molecule has 2 atom stereocenters. The summed E-state index contributed by atoms with van der Waals surface area (Å²) >= 11 is 0. The first kappa shape index (κ1) is 14.3. The number of ether oxygens (including phenoxy) is 1. The van der Waals surface area contributed by atoms with E-state index in [-0.39, 0.29) is 0 Å². The lowest BCUT2D eigenvalue weighted by Gasteiger charge is -2.38. The maximum atomic E-state index is 5.63. The Balaban J connectivity index is 1.65. The first-order chi connectivity index (χ1) is 8.69. The summed E-state index contributed by atoms with van der Waals surface area (Å²) in [6.45, 7) is 7.74. The van der Waals surface area contributed by atoms with Crippen LogP contribution in [0.3, 0.4) is 0 Å². The van der Waals surface area contributed by atoms with Crippen LogP contribution in [-0.4, -0.2) is 24.8 Å². The fraction of sp³-hybridized carbons (Fsp3) is 1.00. The van der Waals surface area contributed by atoms with Crippen LogP contribution in [0.1, 0.15) is 65.7 Å². The Bertz CT molecular complexity index is 235. The van der Waals surface area contributed by atoms with Crippen LogP contribution < -0.4 is 5.32 Å². The normalized spacial score (nSPS) is 37.3. The summed E-state index contributed by atoms with van der Waals surface area (Å²) in [4.78, 5) is 0. The standard InChI is InChI=1S/C16H31NO/c1-4-18-16-10-15(11-16)17-14-7-5-6-13(8-9-14)12(2)3/h12-17H,4-11H2,1-3H3. The van der Waals surface area contributed by atoms with Crippen molar-refractivity contribution in [3.8, 4) is 0 Å². The van der Waals surface area contributed by atoms with Crippen molar-refractivity contribution in [2.75, 3.05) is 6.61 Å². The highest BCUT2D eigenvalue weighted by molar-refractivity contribution is 4.89. The van der Waals surface area contributed by atoms with Crippen LogP contribution in [0.4, 0.5) is 0 Å². The molecule has 0 radical (unpaired) electrons. The van der Waals surface area contributed by atoms with Crippen molar-refractivity contribution >= 4 is 0 Å². The van der Waals surface area contributed by atoms with Crippen LogP contribution in [-0.2, 0) is 4.74 Å². The van der Waals surface area contributed by atoms with E-state index in [0.717, 1.165) is 30.5 Å². The predicted octanol–water partition coefficient (Wildman–Crippen LogP) is 3.75. The van der Waals surface area contributed by atoms with E-state index in [4.69, 9.17) is 4.74 Å². The zero-order valence-corrected chi connectivity index (χ0v) is 12.5. The molecule has 2 aliphatic rings. The Morgan fingerprint density at radius 2 is 1.83 bits per heavy atom. The Labute approximate surface area is 113 Å². The first-order valence-electron chi connectivity index (χ1n) is 8.06. The first-order valence-corrected chi connectivity index (χ1v) is 8.06. The van der Waals surface area contributed by atoms with Gasteiger partial charge >= 0.3 is 0 Å². The van der Waals surface area contributed by atoms with Crippen molar-refractivity contribution in [2.24, 2.45) is 11.8 Å². The lowest BCUT2D eigenvalue weighted by Crippen LogP contribution is -2.49. The maximum Gasteiger partial charge on any atom is 0.0604 e. The lowest BCUT2D eigenvalue weighted by molar-refractivity contribution is -0.0128. The minimum atomic E-state index is 0.543. The van der Waals surface area contributed by atoms with Gasteiger partial charge in [0.1, 0.15) is 0 Å². The minimum absolute atomic E-state index is 0.543. The Hall–Kier alpha value is -0.0800. The van der Waals surface area contributed by atoms with E-state index in [2.05, 4.69) is 26.1 Å². The average molecular weight is 253 g/mol. The molecule has 0 saturated heterocycles. The van der Waals surface area contributed by atoms with Crippen LogP contribution >= 0.6 is 0 Å². The Kier molecular flexibility index (Phi) is 5.50. The Morgan fingerprint density at radius 3 is 2.50 bits per heavy atom. The molecule has 106 valence electrons. The van der Waals surface area contributed by atoms with E-state index in [1.54, 1.807) is 0 Å². The summed E-state index contributed by atoms with van der Waals surface area (Å²) in [6, 6.07) is 1.52. The van der Waals surface area contributed by atoms with Crippen LogP contribution in [0.25, 0.3) is 0 Å². The van der Waals surface area contributed by atoms with Crippen LogP contribution in [0.2, 0.25) is 0 Å². The van der Waals surface area contributed by atoms with Crippen molar-refractivity contribution in [2.45, 2.75) is 83.9 Å². The van der Waals surface area contributed by atoms with Crippen LogP contribution in [0.15, 0.2) is 0 Å². The number of rotatable bonds is 5. The maximum absolute atomic E-state index is 5.63. The predicted molar refractivity (Wildman–Crippen MR) is 76.8 cm³/mol. The van der Waals surface area contributed by atoms with E-state index < -0.39 is 0 Å². The second-order valence-corrected chi connectivity index (χ2v) is 6.62. The third-order valence-electron chi connectivity index (χ3n) is 4.92. The quantitative estimate of drug-likeness (QED) is 0.754. The van der Waals surface area contributed by atoms with Gasteiger partial charge in [-0.05, 0) is 50.9 Å².